The Hall–Kier alpha value is -1.10. The molecule has 1 unspecified atom stereocenters. The van der Waals surface area contributed by atoms with Crippen LogP contribution >= 0.6 is 15.9 Å². The van der Waals surface area contributed by atoms with Crippen LogP contribution in [-0.2, 0) is 17.6 Å². The maximum atomic E-state index is 5.18. The topological polar surface area (TPSA) is 34.4 Å². The number of rotatable bonds is 9. The highest BCUT2D eigenvalue weighted by Gasteiger charge is 2.12. The van der Waals surface area contributed by atoms with Crippen LogP contribution in [0.5, 0.6) is 0 Å². The quantitative estimate of drug-likeness (QED) is 0.699. The fourth-order valence-electron chi connectivity index (χ4n) is 2.44. The van der Waals surface area contributed by atoms with E-state index in [9.17, 15) is 0 Å². The maximum absolute atomic E-state index is 5.18. The third kappa shape index (κ3) is 6.04. The lowest BCUT2D eigenvalue weighted by Crippen LogP contribution is -2.28. The van der Waals surface area contributed by atoms with Crippen molar-refractivity contribution in [1.29, 1.82) is 0 Å². The van der Waals surface area contributed by atoms with Gasteiger partial charge in [-0.3, -0.25) is 0 Å². The molecule has 0 spiro atoms. The van der Waals surface area contributed by atoms with Crippen molar-refractivity contribution in [2.75, 3.05) is 26.8 Å². The molecule has 0 saturated heterocycles. The van der Waals surface area contributed by atoms with E-state index in [2.05, 4.69) is 45.5 Å². The second-order valence-electron chi connectivity index (χ2n) is 5.23. The van der Waals surface area contributed by atoms with Crippen molar-refractivity contribution in [3.8, 4) is 0 Å². The van der Waals surface area contributed by atoms with Gasteiger partial charge in [-0.05, 0) is 54.6 Å². The highest BCUT2D eigenvalue weighted by molar-refractivity contribution is 9.10. The summed E-state index contributed by atoms with van der Waals surface area (Å²) in [6.07, 6.45) is 5.64. The SMILES string of the molecule is COCCNCC(Cc1ccoc1)Cc1cccc(Br)c1. The largest absolute Gasteiger partial charge is 0.472 e. The van der Waals surface area contributed by atoms with Crippen molar-refractivity contribution < 1.29 is 9.15 Å². The molecular formula is C17H22BrNO2. The molecule has 0 amide bonds. The molecule has 0 bridgehead atoms. The highest BCUT2D eigenvalue weighted by atomic mass is 79.9. The van der Waals surface area contributed by atoms with Gasteiger partial charge in [-0.25, -0.2) is 0 Å². The van der Waals surface area contributed by atoms with Crippen LogP contribution in [0, 0.1) is 5.92 Å². The van der Waals surface area contributed by atoms with Gasteiger partial charge in [0, 0.05) is 18.1 Å². The molecule has 0 aliphatic carbocycles. The van der Waals surface area contributed by atoms with E-state index in [1.807, 2.05) is 12.3 Å². The summed E-state index contributed by atoms with van der Waals surface area (Å²) in [4.78, 5) is 0. The van der Waals surface area contributed by atoms with Gasteiger partial charge in [-0.1, -0.05) is 28.1 Å². The molecule has 0 radical (unpaired) electrons. The molecule has 2 aromatic rings. The lowest BCUT2D eigenvalue weighted by atomic mass is 9.93. The van der Waals surface area contributed by atoms with E-state index in [1.165, 1.54) is 11.1 Å². The second-order valence-corrected chi connectivity index (χ2v) is 6.15. The van der Waals surface area contributed by atoms with Gasteiger partial charge in [-0.2, -0.15) is 0 Å². The Kier molecular flexibility index (Phi) is 7.00. The first-order valence-corrected chi connectivity index (χ1v) is 8.02. The van der Waals surface area contributed by atoms with Crippen LogP contribution in [0.1, 0.15) is 11.1 Å². The summed E-state index contributed by atoms with van der Waals surface area (Å²) in [5, 5.41) is 3.47. The first kappa shape index (κ1) is 16.3. The number of benzene rings is 1. The molecule has 2 rings (SSSR count). The molecule has 3 nitrogen and oxygen atoms in total. The van der Waals surface area contributed by atoms with E-state index in [0.717, 1.165) is 37.0 Å². The summed E-state index contributed by atoms with van der Waals surface area (Å²) in [5.41, 5.74) is 2.61. The minimum Gasteiger partial charge on any atom is -0.472 e. The van der Waals surface area contributed by atoms with Crippen molar-refractivity contribution in [3.05, 3.63) is 58.5 Å². The Labute approximate surface area is 134 Å². The van der Waals surface area contributed by atoms with E-state index in [1.54, 1.807) is 13.4 Å². The summed E-state index contributed by atoms with van der Waals surface area (Å²) in [6, 6.07) is 10.6. The Morgan fingerprint density at radius 3 is 2.81 bits per heavy atom. The Morgan fingerprint density at radius 2 is 2.10 bits per heavy atom. The van der Waals surface area contributed by atoms with E-state index < -0.39 is 0 Å². The molecule has 1 heterocycles. The minimum absolute atomic E-state index is 0.536. The zero-order valence-electron chi connectivity index (χ0n) is 12.3. The molecular weight excluding hydrogens is 330 g/mol. The number of hydrogen-bond donors (Lipinski definition) is 1. The van der Waals surface area contributed by atoms with Crippen LogP contribution in [-0.4, -0.2) is 26.8 Å². The predicted molar refractivity (Wildman–Crippen MR) is 88.5 cm³/mol. The fraction of sp³-hybridized carbons (Fsp3) is 0.412. The Balaban J connectivity index is 1.93. The molecule has 0 aliphatic heterocycles. The Morgan fingerprint density at radius 1 is 1.24 bits per heavy atom. The van der Waals surface area contributed by atoms with Gasteiger partial charge in [0.2, 0.25) is 0 Å². The van der Waals surface area contributed by atoms with Crippen molar-refractivity contribution in [3.63, 3.8) is 0 Å². The van der Waals surface area contributed by atoms with Crippen LogP contribution in [0.15, 0.2) is 51.7 Å². The second kappa shape index (κ2) is 9.03. The zero-order valence-corrected chi connectivity index (χ0v) is 13.9. The molecule has 0 saturated carbocycles. The number of halogens is 1. The summed E-state index contributed by atoms with van der Waals surface area (Å²) in [6.45, 7) is 2.60. The van der Waals surface area contributed by atoms with Crippen LogP contribution in [0.2, 0.25) is 0 Å². The fourth-order valence-corrected chi connectivity index (χ4v) is 2.88. The van der Waals surface area contributed by atoms with Gasteiger partial charge in [0.1, 0.15) is 0 Å². The number of methoxy groups -OCH3 is 1. The Bertz CT molecular complexity index is 513. The average Bonchev–Trinajstić information content (AvgIpc) is 2.96. The smallest absolute Gasteiger partial charge is 0.0934 e. The number of furan rings is 1. The first-order chi connectivity index (χ1) is 10.3. The van der Waals surface area contributed by atoms with Gasteiger partial charge in [0.05, 0.1) is 19.1 Å². The molecule has 1 atom stereocenters. The van der Waals surface area contributed by atoms with E-state index in [4.69, 9.17) is 9.15 Å². The molecule has 4 heteroatoms. The lowest BCUT2D eigenvalue weighted by molar-refractivity contribution is 0.197. The number of nitrogens with one attached hydrogen (secondary N) is 1. The number of hydrogen-bond acceptors (Lipinski definition) is 3. The maximum Gasteiger partial charge on any atom is 0.0934 e. The third-order valence-electron chi connectivity index (χ3n) is 3.43. The van der Waals surface area contributed by atoms with E-state index in [-0.39, 0.29) is 0 Å². The molecule has 1 aromatic carbocycles. The van der Waals surface area contributed by atoms with Crippen molar-refractivity contribution in [2.45, 2.75) is 12.8 Å². The molecule has 0 fully saturated rings. The van der Waals surface area contributed by atoms with Crippen molar-refractivity contribution in [1.82, 2.24) is 5.32 Å². The monoisotopic (exact) mass is 351 g/mol. The molecule has 0 aliphatic rings. The van der Waals surface area contributed by atoms with Gasteiger partial charge < -0.3 is 14.5 Å². The number of ether oxygens (including phenoxy) is 1. The molecule has 21 heavy (non-hydrogen) atoms. The van der Waals surface area contributed by atoms with Crippen LogP contribution < -0.4 is 5.32 Å². The van der Waals surface area contributed by atoms with Crippen LogP contribution in [0.4, 0.5) is 0 Å². The van der Waals surface area contributed by atoms with Crippen LogP contribution in [0.25, 0.3) is 0 Å². The summed E-state index contributed by atoms with van der Waals surface area (Å²) < 4.78 is 11.4. The van der Waals surface area contributed by atoms with Crippen LogP contribution in [0.3, 0.4) is 0 Å². The van der Waals surface area contributed by atoms with Gasteiger partial charge in [0.15, 0.2) is 0 Å². The normalized spacial score (nSPS) is 12.5. The minimum atomic E-state index is 0.536. The standard InChI is InChI=1S/C17H22BrNO2/c1-20-8-6-19-12-16(10-15-5-7-21-13-15)9-14-3-2-4-17(18)11-14/h2-5,7,11,13,16,19H,6,8-10,12H2,1H3. The van der Waals surface area contributed by atoms with Gasteiger partial charge in [0.25, 0.3) is 0 Å². The average molecular weight is 352 g/mol. The predicted octanol–water partition coefficient (Wildman–Crippen LogP) is 3.68. The summed E-state index contributed by atoms with van der Waals surface area (Å²) >= 11 is 3.54. The van der Waals surface area contributed by atoms with E-state index >= 15 is 0 Å². The van der Waals surface area contributed by atoms with Crippen molar-refractivity contribution >= 4 is 15.9 Å². The van der Waals surface area contributed by atoms with Crippen molar-refractivity contribution in [2.24, 2.45) is 5.92 Å². The lowest BCUT2D eigenvalue weighted by Gasteiger charge is -2.17. The highest BCUT2D eigenvalue weighted by Crippen LogP contribution is 2.18. The van der Waals surface area contributed by atoms with Gasteiger partial charge >= 0.3 is 0 Å². The summed E-state index contributed by atoms with van der Waals surface area (Å²) in [7, 11) is 1.73. The molecule has 114 valence electrons. The first-order valence-electron chi connectivity index (χ1n) is 7.23. The summed E-state index contributed by atoms with van der Waals surface area (Å²) in [5.74, 6) is 0.536. The molecule has 1 N–H and O–H groups in total. The van der Waals surface area contributed by atoms with E-state index in [0.29, 0.717) is 5.92 Å². The zero-order chi connectivity index (χ0) is 14.9. The third-order valence-corrected chi connectivity index (χ3v) is 3.93. The van der Waals surface area contributed by atoms with Gasteiger partial charge in [-0.15, -0.1) is 0 Å². The molecule has 1 aromatic heterocycles.